The van der Waals surface area contributed by atoms with Crippen LogP contribution in [-0.4, -0.2) is 79.0 Å². The molecule has 0 aromatic carbocycles. The first-order valence-electron chi connectivity index (χ1n) is 7.62. The van der Waals surface area contributed by atoms with Crippen LogP contribution in [0.4, 0.5) is 4.79 Å². The minimum Gasteiger partial charge on any atom is -0.344 e. The van der Waals surface area contributed by atoms with Crippen molar-refractivity contribution in [3.8, 4) is 0 Å². The molecule has 0 atom stereocenters. The topological polar surface area (TPSA) is 55.9 Å². The molecule has 0 aliphatic carbocycles. The summed E-state index contributed by atoms with van der Waals surface area (Å²) in [5, 5.41) is 3.09. The van der Waals surface area contributed by atoms with E-state index in [0.717, 1.165) is 45.4 Å². The third kappa shape index (κ3) is 3.85. The first-order valence-corrected chi connectivity index (χ1v) is 7.62. The Hall–Kier alpha value is -1.30. The van der Waals surface area contributed by atoms with Crippen LogP contribution in [0.3, 0.4) is 0 Å². The molecule has 0 aromatic rings. The number of carbonyl (C=O) groups excluding carboxylic acids is 2. The largest absolute Gasteiger partial charge is 0.344 e. The normalized spacial score (nSPS) is 22.8. The van der Waals surface area contributed by atoms with Crippen LogP contribution in [0.2, 0.25) is 0 Å². The van der Waals surface area contributed by atoms with Crippen molar-refractivity contribution in [1.29, 1.82) is 0 Å². The van der Waals surface area contributed by atoms with E-state index in [1.54, 1.807) is 16.8 Å². The Morgan fingerprint density at radius 1 is 1.25 bits per heavy atom. The van der Waals surface area contributed by atoms with Gasteiger partial charge in [0.05, 0.1) is 0 Å². The molecule has 0 saturated carbocycles. The number of hydrogen-bond donors (Lipinski definition) is 1. The number of rotatable bonds is 2. The van der Waals surface area contributed by atoms with Gasteiger partial charge in [-0.05, 0) is 25.8 Å². The van der Waals surface area contributed by atoms with Gasteiger partial charge in [-0.25, -0.2) is 4.79 Å². The van der Waals surface area contributed by atoms with E-state index < -0.39 is 0 Å². The summed E-state index contributed by atoms with van der Waals surface area (Å²) in [5.74, 6) is 0.0263. The smallest absolute Gasteiger partial charge is 0.318 e. The fourth-order valence-electron chi connectivity index (χ4n) is 2.82. The van der Waals surface area contributed by atoms with Gasteiger partial charge in [0.1, 0.15) is 6.54 Å². The molecule has 2 fully saturated rings. The average Bonchev–Trinajstić information content (AvgIpc) is 2.62. The summed E-state index contributed by atoms with van der Waals surface area (Å²) in [4.78, 5) is 29.8. The molecule has 0 aromatic heterocycles. The fourth-order valence-corrected chi connectivity index (χ4v) is 2.82. The Balaban J connectivity index is 1.81. The van der Waals surface area contributed by atoms with E-state index in [-0.39, 0.29) is 24.5 Å². The third-order valence-electron chi connectivity index (χ3n) is 4.32. The molecule has 2 saturated heterocycles. The molecule has 2 aliphatic heterocycles. The SMILES string of the molecule is CCN1CCC(NC(=O)N2CCCN(C)C(=O)C2)CC1. The lowest BCUT2D eigenvalue weighted by atomic mass is 10.1. The second kappa shape index (κ2) is 6.92. The number of likely N-dealkylation sites (tertiary alicyclic amines) is 1. The van der Waals surface area contributed by atoms with Gasteiger partial charge in [-0.3, -0.25) is 4.79 Å². The van der Waals surface area contributed by atoms with Gasteiger partial charge in [0.2, 0.25) is 5.91 Å². The van der Waals surface area contributed by atoms with Crippen molar-refractivity contribution in [3.05, 3.63) is 0 Å². The number of carbonyl (C=O) groups is 2. The highest BCUT2D eigenvalue weighted by atomic mass is 16.2. The molecule has 2 aliphatic rings. The number of nitrogens with zero attached hydrogens (tertiary/aromatic N) is 3. The molecule has 0 unspecified atom stereocenters. The summed E-state index contributed by atoms with van der Waals surface area (Å²) in [7, 11) is 1.80. The van der Waals surface area contributed by atoms with Crippen molar-refractivity contribution in [1.82, 2.24) is 20.0 Å². The van der Waals surface area contributed by atoms with Crippen molar-refractivity contribution < 1.29 is 9.59 Å². The van der Waals surface area contributed by atoms with E-state index in [9.17, 15) is 9.59 Å². The van der Waals surface area contributed by atoms with E-state index in [4.69, 9.17) is 0 Å². The molecule has 0 radical (unpaired) electrons. The first kappa shape index (κ1) is 15.1. The van der Waals surface area contributed by atoms with Gasteiger partial charge >= 0.3 is 6.03 Å². The number of amides is 3. The molecule has 1 N–H and O–H groups in total. The molecule has 6 heteroatoms. The number of nitrogens with one attached hydrogen (secondary N) is 1. The van der Waals surface area contributed by atoms with Crippen molar-refractivity contribution in [2.45, 2.75) is 32.2 Å². The standard InChI is InChI=1S/C14H26N4O2/c1-3-17-9-5-12(6-10-17)15-14(20)18-8-4-7-16(2)13(19)11-18/h12H,3-11H2,1-2H3,(H,15,20). The van der Waals surface area contributed by atoms with Gasteiger partial charge < -0.3 is 20.0 Å². The molecule has 114 valence electrons. The highest BCUT2D eigenvalue weighted by Gasteiger charge is 2.25. The van der Waals surface area contributed by atoms with Gasteiger partial charge in [-0.2, -0.15) is 0 Å². The molecule has 20 heavy (non-hydrogen) atoms. The van der Waals surface area contributed by atoms with Crippen molar-refractivity contribution >= 4 is 11.9 Å². The Kier molecular flexibility index (Phi) is 5.23. The maximum atomic E-state index is 12.3. The molecule has 0 spiro atoms. The molecule has 2 heterocycles. The zero-order valence-electron chi connectivity index (χ0n) is 12.6. The monoisotopic (exact) mass is 282 g/mol. The van der Waals surface area contributed by atoms with Crippen LogP contribution >= 0.6 is 0 Å². The van der Waals surface area contributed by atoms with Crippen LogP contribution in [0.1, 0.15) is 26.2 Å². The van der Waals surface area contributed by atoms with Crippen LogP contribution in [0, 0.1) is 0 Å². The highest BCUT2D eigenvalue weighted by molar-refractivity contribution is 5.84. The van der Waals surface area contributed by atoms with Crippen LogP contribution < -0.4 is 5.32 Å². The molecular weight excluding hydrogens is 256 g/mol. The molecule has 3 amide bonds. The minimum atomic E-state index is -0.0800. The van der Waals surface area contributed by atoms with Crippen LogP contribution in [0.15, 0.2) is 0 Å². The molecule has 6 nitrogen and oxygen atoms in total. The number of urea groups is 1. The second-order valence-corrected chi connectivity index (χ2v) is 5.75. The fraction of sp³-hybridized carbons (Fsp3) is 0.857. The Morgan fingerprint density at radius 3 is 2.60 bits per heavy atom. The zero-order chi connectivity index (χ0) is 14.5. The van der Waals surface area contributed by atoms with E-state index in [2.05, 4.69) is 17.1 Å². The molecular formula is C14H26N4O2. The second-order valence-electron chi connectivity index (χ2n) is 5.75. The van der Waals surface area contributed by atoms with Crippen molar-refractivity contribution in [2.75, 3.05) is 46.3 Å². The lowest BCUT2D eigenvalue weighted by molar-refractivity contribution is -0.129. The minimum absolute atomic E-state index is 0.0263. The lowest BCUT2D eigenvalue weighted by Crippen LogP contribution is -2.50. The third-order valence-corrected chi connectivity index (χ3v) is 4.32. The maximum absolute atomic E-state index is 12.3. The first-order chi connectivity index (χ1) is 9.60. The van der Waals surface area contributed by atoms with E-state index in [0.29, 0.717) is 6.54 Å². The Labute approximate surface area is 121 Å². The van der Waals surface area contributed by atoms with Crippen LogP contribution in [0.5, 0.6) is 0 Å². The number of likely N-dealkylation sites (N-methyl/N-ethyl adjacent to an activating group) is 1. The Morgan fingerprint density at radius 2 is 1.95 bits per heavy atom. The van der Waals surface area contributed by atoms with Gasteiger partial charge in [0.15, 0.2) is 0 Å². The van der Waals surface area contributed by atoms with E-state index in [1.807, 2.05) is 0 Å². The summed E-state index contributed by atoms with van der Waals surface area (Å²) in [6.45, 7) is 6.93. The van der Waals surface area contributed by atoms with Crippen molar-refractivity contribution in [2.24, 2.45) is 0 Å². The summed E-state index contributed by atoms with van der Waals surface area (Å²) in [5.41, 5.74) is 0. The highest BCUT2D eigenvalue weighted by Crippen LogP contribution is 2.11. The van der Waals surface area contributed by atoms with Crippen LogP contribution in [0.25, 0.3) is 0 Å². The van der Waals surface area contributed by atoms with Crippen molar-refractivity contribution in [3.63, 3.8) is 0 Å². The predicted molar refractivity (Wildman–Crippen MR) is 77.5 cm³/mol. The van der Waals surface area contributed by atoms with Gasteiger partial charge in [0.25, 0.3) is 0 Å². The van der Waals surface area contributed by atoms with Crippen LogP contribution in [-0.2, 0) is 4.79 Å². The van der Waals surface area contributed by atoms with Gasteiger partial charge in [0, 0.05) is 39.3 Å². The van der Waals surface area contributed by atoms with Gasteiger partial charge in [-0.1, -0.05) is 6.92 Å². The molecule has 0 bridgehead atoms. The predicted octanol–water partition coefficient (Wildman–Crippen LogP) is 0.344. The number of piperidine rings is 1. The van der Waals surface area contributed by atoms with E-state index in [1.165, 1.54) is 0 Å². The summed E-state index contributed by atoms with van der Waals surface area (Å²) in [6, 6.07) is 0.171. The van der Waals surface area contributed by atoms with Gasteiger partial charge in [-0.15, -0.1) is 0 Å². The summed E-state index contributed by atoms with van der Waals surface area (Å²) < 4.78 is 0. The summed E-state index contributed by atoms with van der Waals surface area (Å²) in [6.07, 6.45) is 2.85. The quantitative estimate of drug-likeness (QED) is 0.795. The number of hydrogen-bond acceptors (Lipinski definition) is 3. The molecule has 2 rings (SSSR count). The maximum Gasteiger partial charge on any atom is 0.318 e. The average molecular weight is 282 g/mol. The zero-order valence-corrected chi connectivity index (χ0v) is 12.6. The summed E-state index contributed by atoms with van der Waals surface area (Å²) >= 11 is 0. The Bertz CT molecular complexity index is 353. The lowest BCUT2D eigenvalue weighted by Gasteiger charge is -2.32. The van der Waals surface area contributed by atoms with E-state index >= 15 is 0 Å².